The highest BCUT2D eigenvalue weighted by atomic mass is 31.2. The lowest BCUT2D eigenvalue weighted by Crippen LogP contribution is -2.15. The van der Waals surface area contributed by atoms with Gasteiger partial charge < -0.3 is 19.9 Å². The summed E-state index contributed by atoms with van der Waals surface area (Å²) in [6.45, 7) is 5.76. The van der Waals surface area contributed by atoms with E-state index in [2.05, 4.69) is 0 Å². The minimum absolute atomic E-state index is 0.00673. The summed E-state index contributed by atoms with van der Waals surface area (Å²) in [6, 6.07) is 4.95. The summed E-state index contributed by atoms with van der Waals surface area (Å²) < 4.78 is 22.9. The van der Waals surface area contributed by atoms with Gasteiger partial charge in [0, 0.05) is 5.56 Å². The van der Waals surface area contributed by atoms with E-state index in [1.165, 1.54) is 6.07 Å². The van der Waals surface area contributed by atoms with E-state index in [9.17, 15) is 9.67 Å². The van der Waals surface area contributed by atoms with Crippen molar-refractivity contribution in [2.45, 2.75) is 26.6 Å². The molecular formula is C12H20NO4P. The number of benzene rings is 1. The number of aryl methyl sites for hydroxylation is 1. The third-order valence-electron chi connectivity index (χ3n) is 2.46. The highest BCUT2D eigenvalue weighted by molar-refractivity contribution is 7.54. The molecule has 0 fully saturated rings. The van der Waals surface area contributed by atoms with Gasteiger partial charge >= 0.3 is 7.60 Å². The molecule has 0 saturated carbocycles. The zero-order chi connectivity index (χ0) is 13.8. The topological polar surface area (TPSA) is 81.8 Å². The monoisotopic (exact) mass is 273 g/mol. The Morgan fingerprint density at radius 1 is 1.33 bits per heavy atom. The average Bonchev–Trinajstić information content (AvgIpc) is 2.32. The van der Waals surface area contributed by atoms with Crippen LogP contribution in [0.15, 0.2) is 18.2 Å². The fourth-order valence-corrected chi connectivity index (χ4v) is 3.30. The third kappa shape index (κ3) is 3.33. The normalized spacial score (nSPS) is 13.6. The van der Waals surface area contributed by atoms with E-state index in [1.54, 1.807) is 26.0 Å². The second-order valence-corrected chi connectivity index (χ2v) is 6.03. The van der Waals surface area contributed by atoms with Crippen molar-refractivity contribution in [2.75, 3.05) is 13.2 Å². The van der Waals surface area contributed by atoms with E-state index >= 15 is 0 Å². The number of phenols is 1. The maximum atomic E-state index is 12.5. The first-order chi connectivity index (χ1) is 8.44. The molecule has 18 heavy (non-hydrogen) atoms. The molecule has 1 atom stereocenters. The molecule has 0 unspecified atom stereocenters. The van der Waals surface area contributed by atoms with Gasteiger partial charge in [0.1, 0.15) is 11.5 Å². The SMILES string of the molecule is CCOP(=O)(OCC)[C@H](N)c1cc(C)ccc1O. The Morgan fingerprint density at radius 2 is 1.89 bits per heavy atom. The summed E-state index contributed by atoms with van der Waals surface area (Å²) in [5, 5.41) is 9.79. The van der Waals surface area contributed by atoms with E-state index in [0.717, 1.165) is 5.56 Å². The maximum absolute atomic E-state index is 12.5. The Kier molecular flexibility index (Phi) is 5.35. The molecule has 0 heterocycles. The summed E-state index contributed by atoms with van der Waals surface area (Å²) in [7, 11) is -3.46. The molecule has 0 aliphatic carbocycles. The molecule has 0 bridgehead atoms. The highest BCUT2D eigenvalue weighted by Gasteiger charge is 2.35. The van der Waals surface area contributed by atoms with Crippen LogP contribution in [0.4, 0.5) is 0 Å². The molecule has 0 spiro atoms. The van der Waals surface area contributed by atoms with Crippen LogP contribution in [0.5, 0.6) is 5.75 Å². The first kappa shape index (κ1) is 15.2. The van der Waals surface area contributed by atoms with Crippen molar-refractivity contribution in [2.24, 2.45) is 5.73 Å². The van der Waals surface area contributed by atoms with Gasteiger partial charge in [-0.3, -0.25) is 4.57 Å². The van der Waals surface area contributed by atoms with Crippen LogP contribution in [-0.4, -0.2) is 18.3 Å². The Hall–Kier alpha value is -0.870. The van der Waals surface area contributed by atoms with Crippen molar-refractivity contribution in [1.82, 2.24) is 0 Å². The molecule has 5 nitrogen and oxygen atoms in total. The van der Waals surface area contributed by atoms with Crippen LogP contribution in [-0.2, 0) is 13.6 Å². The number of hydrogen-bond acceptors (Lipinski definition) is 5. The van der Waals surface area contributed by atoms with Crippen molar-refractivity contribution < 1.29 is 18.7 Å². The van der Waals surface area contributed by atoms with Crippen molar-refractivity contribution in [1.29, 1.82) is 0 Å². The van der Waals surface area contributed by atoms with Crippen LogP contribution >= 0.6 is 7.60 Å². The Balaban J connectivity index is 3.13. The lowest BCUT2D eigenvalue weighted by molar-refractivity contribution is 0.212. The van der Waals surface area contributed by atoms with Gasteiger partial charge in [-0.05, 0) is 26.8 Å². The van der Waals surface area contributed by atoms with Crippen LogP contribution < -0.4 is 5.73 Å². The van der Waals surface area contributed by atoms with Gasteiger partial charge in [0.25, 0.3) is 0 Å². The maximum Gasteiger partial charge on any atom is 0.351 e. The van der Waals surface area contributed by atoms with E-state index in [0.29, 0.717) is 5.56 Å². The summed E-state index contributed by atoms with van der Waals surface area (Å²) in [4.78, 5) is 0. The molecule has 0 aromatic heterocycles. The largest absolute Gasteiger partial charge is 0.508 e. The zero-order valence-corrected chi connectivity index (χ0v) is 11.8. The molecular weight excluding hydrogens is 253 g/mol. The van der Waals surface area contributed by atoms with Gasteiger partial charge in [-0.1, -0.05) is 17.7 Å². The van der Waals surface area contributed by atoms with Gasteiger partial charge in [0.05, 0.1) is 13.2 Å². The Bertz CT molecular complexity index is 440. The van der Waals surface area contributed by atoms with Crippen molar-refractivity contribution in [3.8, 4) is 5.75 Å². The molecule has 0 aliphatic heterocycles. The molecule has 1 aromatic carbocycles. The number of nitrogens with two attached hydrogens (primary N) is 1. The van der Waals surface area contributed by atoms with Crippen LogP contribution in [0.3, 0.4) is 0 Å². The lowest BCUT2D eigenvalue weighted by atomic mass is 10.1. The molecule has 3 N–H and O–H groups in total. The van der Waals surface area contributed by atoms with Gasteiger partial charge in [-0.2, -0.15) is 0 Å². The summed E-state index contributed by atoms with van der Waals surface area (Å²) in [5.74, 6) is -0.995. The minimum Gasteiger partial charge on any atom is -0.508 e. The first-order valence-corrected chi connectivity index (χ1v) is 7.49. The Morgan fingerprint density at radius 3 is 2.39 bits per heavy atom. The molecule has 0 radical (unpaired) electrons. The standard InChI is InChI=1S/C12H20NO4P/c1-4-16-18(15,17-5-2)12(13)10-8-9(3)6-7-11(10)14/h6-8,12,14H,4-5,13H2,1-3H3/t12-/m0/s1. The number of aromatic hydroxyl groups is 1. The molecule has 1 rings (SSSR count). The summed E-state index contributed by atoms with van der Waals surface area (Å²) in [5.41, 5.74) is 7.23. The van der Waals surface area contributed by atoms with Gasteiger partial charge in [0.15, 0.2) is 0 Å². The van der Waals surface area contributed by atoms with Crippen LogP contribution in [0, 0.1) is 6.92 Å². The summed E-state index contributed by atoms with van der Waals surface area (Å²) in [6.07, 6.45) is 0. The highest BCUT2D eigenvalue weighted by Crippen LogP contribution is 2.59. The minimum atomic E-state index is -3.46. The van der Waals surface area contributed by atoms with E-state index in [-0.39, 0.29) is 19.0 Å². The number of hydrogen-bond donors (Lipinski definition) is 2. The second-order valence-electron chi connectivity index (χ2n) is 3.88. The molecule has 0 aliphatic rings. The fraction of sp³-hybridized carbons (Fsp3) is 0.500. The second kappa shape index (κ2) is 6.34. The molecule has 1 aromatic rings. The van der Waals surface area contributed by atoms with Crippen LogP contribution in [0.25, 0.3) is 0 Å². The smallest absolute Gasteiger partial charge is 0.351 e. The predicted octanol–water partition coefficient (Wildman–Crippen LogP) is 2.92. The quantitative estimate of drug-likeness (QED) is 0.779. The van der Waals surface area contributed by atoms with Crippen LogP contribution in [0.1, 0.15) is 30.8 Å². The van der Waals surface area contributed by atoms with Gasteiger partial charge in [-0.25, -0.2) is 0 Å². The van der Waals surface area contributed by atoms with Gasteiger partial charge in [-0.15, -0.1) is 0 Å². The van der Waals surface area contributed by atoms with Crippen LogP contribution in [0.2, 0.25) is 0 Å². The van der Waals surface area contributed by atoms with E-state index < -0.39 is 13.4 Å². The third-order valence-corrected chi connectivity index (χ3v) is 4.66. The molecule has 102 valence electrons. The van der Waals surface area contributed by atoms with Crippen molar-refractivity contribution in [3.63, 3.8) is 0 Å². The number of phenolic OH excluding ortho intramolecular Hbond substituents is 1. The van der Waals surface area contributed by atoms with Crippen molar-refractivity contribution >= 4 is 7.60 Å². The fourth-order valence-electron chi connectivity index (χ4n) is 1.64. The molecule has 0 amide bonds. The number of rotatable bonds is 6. The van der Waals surface area contributed by atoms with E-state index in [4.69, 9.17) is 14.8 Å². The molecule has 6 heteroatoms. The first-order valence-electron chi connectivity index (χ1n) is 5.88. The predicted molar refractivity (Wildman–Crippen MR) is 70.6 cm³/mol. The molecule has 0 saturated heterocycles. The Labute approximate surface area is 107 Å². The zero-order valence-electron chi connectivity index (χ0n) is 10.9. The van der Waals surface area contributed by atoms with Gasteiger partial charge in [0.2, 0.25) is 0 Å². The summed E-state index contributed by atoms with van der Waals surface area (Å²) >= 11 is 0. The lowest BCUT2D eigenvalue weighted by Gasteiger charge is -2.24. The van der Waals surface area contributed by atoms with E-state index in [1.807, 2.05) is 6.92 Å². The van der Waals surface area contributed by atoms with Crippen molar-refractivity contribution in [3.05, 3.63) is 29.3 Å². The average molecular weight is 273 g/mol.